The first kappa shape index (κ1) is 21.6. The lowest BCUT2D eigenvalue weighted by Crippen LogP contribution is -2.45. The first-order valence-electron chi connectivity index (χ1n) is 9.67. The lowest BCUT2D eigenvalue weighted by molar-refractivity contribution is -0.121. The molecule has 8 nitrogen and oxygen atoms in total. The summed E-state index contributed by atoms with van der Waals surface area (Å²) in [5.74, 6) is 0.412. The number of benzene rings is 1. The summed E-state index contributed by atoms with van der Waals surface area (Å²) in [6.07, 6.45) is 1.86. The Morgan fingerprint density at radius 1 is 1.25 bits per heavy atom. The predicted octanol–water partition coefficient (Wildman–Crippen LogP) is 2.01. The van der Waals surface area contributed by atoms with Gasteiger partial charge < -0.3 is 10.3 Å². The summed E-state index contributed by atoms with van der Waals surface area (Å²) in [7, 11) is 0. The maximum Gasteiger partial charge on any atom is 0.321 e. The molecule has 0 saturated carbocycles. The second-order valence-electron chi connectivity index (χ2n) is 7.25. The summed E-state index contributed by atoms with van der Waals surface area (Å²) in [6, 6.07) is 6.64. The first-order chi connectivity index (χ1) is 13.4. The van der Waals surface area contributed by atoms with Gasteiger partial charge in [-0.2, -0.15) is 0 Å². The van der Waals surface area contributed by atoms with Crippen molar-refractivity contribution in [2.45, 2.75) is 40.2 Å². The topological polar surface area (TPSA) is 107 Å². The van der Waals surface area contributed by atoms with Crippen molar-refractivity contribution in [1.82, 2.24) is 25.5 Å². The van der Waals surface area contributed by atoms with Crippen molar-refractivity contribution >= 4 is 22.8 Å². The van der Waals surface area contributed by atoms with E-state index in [-0.39, 0.29) is 18.0 Å². The van der Waals surface area contributed by atoms with Gasteiger partial charge in [-0.15, -0.1) is 0 Å². The molecule has 2 aromatic rings. The Morgan fingerprint density at radius 2 is 2.00 bits per heavy atom. The number of hydrogen-bond acceptors (Lipinski definition) is 5. The van der Waals surface area contributed by atoms with Gasteiger partial charge in [-0.05, 0) is 31.0 Å². The SMILES string of the molecule is CCCCN(CC(=O)NC(=O)NCC(C)C)Cc1nc2ccccc2c(=O)[nH]1. The molecule has 2 rings (SSSR count). The van der Waals surface area contributed by atoms with E-state index in [9.17, 15) is 14.4 Å². The lowest BCUT2D eigenvalue weighted by atomic mass is 10.2. The van der Waals surface area contributed by atoms with E-state index < -0.39 is 6.03 Å². The third kappa shape index (κ3) is 6.77. The van der Waals surface area contributed by atoms with E-state index in [0.717, 1.165) is 12.8 Å². The minimum atomic E-state index is -0.494. The largest absolute Gasteiger partial charge is 0.338 e. The number of carbonyl (C=O) groups is 2. The molecule has 0 atom stereocenters. The monoisotopic (exact) mass is 387 g/mol. The van der Waals surface area contributed by atoms with Crippen molar-refractivity contribution in [3.05, 3.63) is 40.4 Å². The number of aromatic nitrogens is 2. The van der Waals surface area contributed by atoms with E-state index in [1.54, 1.807) is 18.2 Å². The van der Waals surface area contributed by atoms with Gasteiger partial charge in [0, 0.05) is 6.54 Å². The molecular formula is C20H29N5O3. The predicted molar refractivity (Wildman–Crippen MR) is 109 cm³/mol. The number of aromatic amines is 1. The summed E-state index contributed by atoms with van der Waals surface area (Å²) >= 11 is 0. The van der Waals surface area contributed by atoms with Crippen molar-refractivity contribution < 1.29 is 9.59 Å². The molecule has 0 aliphatic rings. The smallest absolute Gasteiger partial charge is 0.321 e. The number of hydrogen-bond donors (Lipinski definition) is 3. The minimum Gasteiger partial charge on any atom is -0.338 e. The second kappa shape index (κ2) is 10.6. The van der Waals surface area contributed by atoms with E-state index in [1.807, 2.05) is 24.8 Å². The number of amides is 3. The third-order valence-electron chi connectivity index (χ3n) is 4.15. The standard InChI is InChI=1S/C20H29N5O3/c1-4-5-10-25(13-18(26)24-20(28)21-11-14(2)3)12-17-22-16-9-7-6-8-15(16)19(27)23-17/h6-9,14H,4-5,10-13H2,1-3H3,(H,22,23,27)(H2,21,24,26,28). The van der Waals surface area contributed by atoms with Crippen molar-refractivity contribution in [2.75, 3.05) is 19.6 Å². The van der Waals surface area contributed by atoms with E-state index in [4.69, 9.17) is 0 Å². The highest BCUT2D eigenvalue weighted by molar-refractivity contribution is 5.95. The van der Waals surface area contributed by atoms with E-state index in [2.05, 4.69) is 27.5 Å². The number of nitrogens with one attached hydrogen (secondary N) is 3. The quantitative estimate of drug-likeness (QED) is 0.610. The van der Waals surface area contributed by atoms with E-state index >= 15 is 0 Å². The molecule has 0 unspecified atom stereocenters. The van der Waals surface area contributed by atoms with Crippen LogP contribution < -0.4 is 16.2 Å². The van der Waals surface area contributed by atoms with Crippen LogP contribution in [-0.2, 0) is 11.3 Å². The Kier molecular flexibility index (Phi) is 8.13. The van der Waals surface area contributed by atoms with E-state index in [0.29, 0.717) is 42.3 Å². The van der Waals surface area contributed by atoms with Crippen LogP contribution in [0.1, 0.15) is 39.4 Å². The molecule has 0 aliphatic carbocycles. The van der Waals surface area contributed by atoms with Crippen LogP contribution in [-0.4, -0.2) is 46.4 Å². The van der Waals surface area contributed by atoms with Gasteiger partial charge in [-0.25, -0.2) is 9.78 Å². The maximum absolute atomic E-state index is 12.2. The van der Waals surface area contributed by atoms with Crippen LogP contribution in [0.25, 0.3) is 10.9 Å². The van der Waals surface area contributed by atoms with Crippen LogP contribution in [0.5, 0.6) is 0 Å². The van der Waals surface area contributed by atoms with Gasteiger partial charge in [0.25, 0.3) is 5.56 Å². The number of carbonyl (C=O) groups excluding carboxylic acids is 2. The summed E-state index contributed by atoms with van der Waals surface area (Å²) in [4.78, 5) is 45.4. The highest BCUT2D eigenvalue weighted by Crippen LogP contribution is 2.07. The molecule has 3 N–H and O–H groups in total. The number of para-hydroxylation sites is 1. The summed E-state index contributed by atoms with van der Waals surface area (Å²) in [5.41, 5.74) is 0.419. The number of H-pyrrole nitrogens is 1. The van der Waals surface area contributed by atoms with Crippen LogP contribution in [0.4, 0.5) is 4.79 Å². The van der Waals surface area contributed by atoms with Gasteiger partial charge in [0.1, 0.15) is 5.82 Å². The van der Waals surface area contributed by atoms with Crippen molar-refractivity contribution in [3.63, 3.8) is 0 Å². The minimum absolute atomic E-state index is 0.0473. The second-order valence-corrected chi connectivity index (χ2v) is 7.25. The number of imide groups is 1. The lowest BCUT2D eigenvalue weighted by Gasteiger charge is -2.21. The van der Waals surface area contributed by atoms with Gasteiger partial charge in [-0.3, -0.25) is 19.8 Å². The highest BCUT2D eigenvalue weighted by Gasteiger charge is 2.15. The molecular weight excluding hydrogens is 358 g/mol. The fourth-order valence-electron chi connectivity index (χ4n) is 2.73. The Hall–Kier alpha value is -2.74. The zero-order valence-corrected chi connectivity index (χ0v) is 16.7. The number of unbranched alkanes of at least 4 members (excludes halogenated alkanes) is 1. The summed E-state index contributed by atoms with van der Waals surface area (Å²) in [5, 5.41) is 5.54. The zero-order valence-electron chi connectivity index (χ0n) is 16.7. The summed E-state index contributed by atoms with van der Waals surface area (Å²) < 4.78 is 0. The Labute approximate surface area is 164 Å². The number of urea groups is 1. The van der Waals surface area contributed by atoms with Crippen LogP contribution in [0.2, 0.25) is 0 Å². The van der Waals surface area contributed by atoms with Gasteiger partial charge in [-0.1, -0.05) is 39.3 Å². The molecule has 1 heterocycles. The Morgan fingerprint density at radius 3 is 2.71 bits per heavy atom. The third-order valence-corrected chi connectivity index (χ3v) is 4.15. The molecule has 152 valence electrons. The highest BCUT2D eigenvalue weighted by atomic mass is 16.2. The normalized spacial score (nSPS) is 11.2. The average molecular weight is 387 g/mol. The molecule has 0 fully saturated rings. The van der Waals surface area contributed by atoms with Crippen LogP contribution >= 0.6 is 0 Å². The van der Waals surface area contributed by atoms with Crippen molar-refractivity contribution in [1.29, 1.82) is 0 Å². The molecule has 0 spiro atoms. The molecule has 28 heavy (non-hydrogen) atoms. The molecule has 1 aromatic heterocycles. The number of fused-ring (bicyclic) bond motifs is 1. The fourth-order valence-corrected chi connectivity index (χ4v) is 2.73. The molecule has 0 saturated heterocycles. The molecule has 0 radical (unpaired) electrons. The van der Waals surface area contributed by atoms with Crippen molar-refractivity contribution in [3.8, 4) is 0 Å². The van der Waals surface area contributed by atoms with Crippen LogP contribution in [0.15, 0.2) is 29.1 Å². The van der Waals surface area contributed by atoms with Crippen LogP contribution in [0.3, 0.4) is 0 Å². The zero-order chi connectivity index (χ0) is 20.5. The number of rotatable bonds is 9. The molecule has 8 heteroatoms. The van der Waals surface area contributed by atoms with Crippen LogP contribution in [0, 0.1) is 5.92 Å². The molecule has 1 aromatic carbocycles. The van der Waals surface area contributed by atoms with Gasteiger partial charge >= 0.3 is 6.03 Å². The Balaban J connectivity index is 2.04. The van der Waals surface area contributed by atoms with E-state index in [1.165, 1.54) is 0 Å². The van der Waals surface area contributed by atoms with Gasteiger partial charge in [0.15, 0.2) is 0 Å². The summed E-state index contributed by atoms with van der Waals surface area (Å²) in [6.45, 7) is 7.55. The Bertz CT molecular complexity index is 862. The molecule has 0 bridgehead atoms. The van der Waals surface area contributed by atoms with Gasteiger partial charge in [0.05, 0.1) is 24.0 Å². The average Bonchev–Trinajstić information content (AvgIpc) is 2.64. The molecule has 0 aliphatic heterocycles. The fraction of sp³-hybridized carbons (Fsp3) is 0.500. The maximum atomic E-state index is 12.2. The van der Waals surface area contributed by atoms with Crippen molar-refractivity contribution in [2.24, 2.45) is 5.92 Å². The number of nitrogens with zero attached hydrogens (tertiary/aromatic N) is 2. The first-order valence-corrected chi connectivity index (χ1v) is 9.67. The molecule has 3 amide bonds. The van der Waals surface area contributed by atoms with Gasteiger partial charge in [0.2, 0.25) is 5.91 Å².